The van der Waals surface area contributed by atoms with Crippen LogP contribution in [0.1, 0.15) is 49.7 Å². The molecular formula is C16H22BrNO2. The Morgan fingerprint density at radius 3 is 2.95 bits per heavy atom. The van der Waals surface area contributed by atoms with E-state index in [4.69, 9.17) is 10.5 Å². The Balaban J connectivity index is 2.36. The van der Waals surface area contributed by atoms with Gasteiger partial charge in [0.15, 0.2) is 0 Å². The van der Waals surface area contributed by atoms with Gasteiger partial charge < -0.3 is 10.5 Å². The highest BCUT2D eigenvalue weighted by molar-refractivity contribution is 9.10. The van der Waals surface area contributed by atoms with E-state index in [2.05, 4.69) is 41.1 Å². The summed E-state index contributed by atoms with van der Waals surface area (Å²) in [5.74, 6) is 0.0422. The first-order valence-electron chi connectivity index (χ1n) is 7.16. The molecule has 2 unspecified atom stereocenters. The Labute approximate surface area is 129 Å². The van der Waals surface area contributed by atoms with Crippen LogP contribution in [0.15, 0.2) is 22.7 Å². The molecule has 1 aliphatic carbocycles. The number of rotatable bonds is 4. The van der Waals surface area contributed by atoms with Gasteiger partial charge in [0, 0.05) is 10.9 Å². The Bertz CT molecular complexity index is 503. The van der Waals surface area contributed by atoms with Crippen LogP contribution in [-0.2, 0) is 16.0 Å². The zero-order chi connectivity index (χ0) is 14.8. The maximum absolute atomic E-state index is 12.0. The van der Waals surface area contributed by atoms with E-state index in [1.165, 1.54) is 18.2 Å². The summed E-state index contributed by atoms with van der Waals surface area (Å²) in [4.78, 5) is 12.0. The van der Waals surface area contributed by atoms with E-state index in [1.54, 1.807) is 0 Å². The third kappa shape index (κ3) is 3.07. The molecule has 0 amide bonds. The maximum atomic E-state index is 12.0. The summed E-state index contributed by atoms with van der Waals surface area (Å²) in [6, 6.07) is 6.31. The summed E-state index contributed by atoms with van der Waals surface area (Å²) in [6.45, 7) is 2.18. The molecule has 0 fully saturated rings. The Morgan fingerprint density at radius 1 is 1.55 bits per heavy atom. The minimum Gasteiger partial charge on any atom is -0.468 e. The van der Waals surface area contributed by atoms with Crippen molar-refractivity contribution < 1.29 is 9.53 Å². The van der Waals surface area contributed by atoms with Crippen LogP contribution in [0.2, 0.25) is 0 Å². The fourth-order valence-corrected chi connectivity index (χ4v) is 3.56. The van der Waals surface area contributed by atoms with Crippen molar-refractivity contribution >= 4 is 21.9 Å². The highest BCUT2D eigenvalue weighted by Crippen LogP contribution is 2.40. The van der Waals surface area contributed by atoms with Crippen LogP contribution in [0.5, 0.6) is 0 Å². The molecule has 3 nitrogen and oxygen atoms in total. The van der Waals surface area contributed by atoms with Crippen LogP contribution in [0.25, 0.3) is 0 Å². The second-order valence-corrected chi connectivity index (χ2v) is 6.63. The molecule has 0 saturated carbocycles. The van der Waals surface area contributed by atoms with Crippen molar-refractivity contribution in [3.8, 4) is 0 Å². The monoisotopic (exact) mass is 339 g/mol. The van der Waals surface area contributed by atoms with Gasteiger partial charge in [-0.1, -0.05) is 41.8 Å². The third-order valence-electron chi connectivity index (χ3n) is 4.16. The first kappa shape index (κ1) is 15.5. The average molecular weight is 340 g/mol. The molecule has 0 heterocycles. The Kier molecular flexibility index (Phi) is 4.86. The first-order chi connectivity index (χ1) is 9.50. The molecule has 2 atom stereocenters. The highest BCUT2D eigenvalue weighted by atomic mass is 79.9. The SMILES string of the molecule is CCCCC1CC(N)(C(=O)OC)Cc2cc(Br)ccc21. The van der Waals surface area contributed by atoms with Crippen LogP contribution in [0.4, 0.5) is 0 Å². The predicted octanol–water partition coefficient (Wildman–Crippen LogP) is 3.54. The minimum atomic E-state index is -0.888. The van der Waals surface area contributed by atoms with E-state index in [9.17, 15) is 4.79 Å². The summed E-state index contributed by atoms with van der Waals surface area (Å²) >= 11 is 3.50. The molecule has 1 aromatic carbocycles. The molecule has 1 aliphatic rings. The van der Waals surface area contributed by atoms with E-state index in [-0.39, 0.29) is 5.97 Å². The summed E-state index contributed by atoms with van der Waals surface area (Å²) in [6.07, 6.45) is 4.60. The molecule has 0 saturated heterocycles. The van der Waals surface area contributed by atoms with Gasteiger partial charge >= 0.3 is 5.97 Å². The number of benzene rings is 1. The highest BCUT2D eigenvalue weighted by Gasteiger charge is 2.42. The lowest BCUT2D eigenvalue weighted by molar-refractivity contribution is -0.147. The van der Waals surface area contributed by atoms with Gasteiger partial charge in [0.05, 0.1) is 7.11 Å². The van der Waals surface area contributed by atoms with Crippen LogP contribution < -0.4 is 5.73 Å². The van der Waals surface area contributed by atoms with Crippen LogP contribution in [0.3, 0.4) is 0 Å². The number of unbranched alkanes of at least 4 members (excludes halogenated alkanes) is 1. The summed E-state index contributed by atoms with van der Waals surface area (Å²) in [5.41, 5.74) is 7.97. The molecule has 0 spiro atoms. The smallest absolute Gasteiger partial charge is 0.326 e. The van der Waals surface area contributed by atoms with Crippen molar-refractivity contribution in [2.24, 2.45) is 5.73 Å². The van der Waals surface area contributed by atoms with Crippen molar-refractivity contribution in [2.45, 2.75) is 50.5 Å². The van der Waals surface area contributed by atoms with Crippen LogP contribution >= 0.6 is 15.9 Å². The number of ether oxygens (including phenoxy) is 1. The number of hydrogen-bond donors (Lipinski definition) is 1. The molecular weight excluding hydrogens is 318 g/mol. The molecule has 2 N–H and O–H groups in total. The molecule has 0 aromatic heterocycles. The number of hydrogen-bond acceptors (Lipinski definition) is 3. The number of fused-ring (bicyclic) bond motifs is 1. The van der Waals surface area contributed by atoms with E-state index in [0.717, 1.165) is 23.7 Å². The number of nitrogens with two attached hydrogens (primary N) is 1. The van der Waals surface area contributed by atoms with Gasteiger partial charge in [0.25, 0.3) is 0 Å². The lowest BCUT2D eigenvalue weighted by atomic mass is 9.71. The lowest BCUT2D eigenvalue weighted by Gasteiger charge is -2.37. The average Bonchev–Trinajstić information content (AvgIpc) is 2.43. The summed E-state index contributed by atoms with van der Waals surface area (Å²) in [7, 11) is 1.41. The fraction of sp³-hybridized carbons (Fsp3) is 0.562. The van der Waals surface area contributed by atoms with Gasteiger partial charge in [-0.25, -0.2) is 0 Å². The topological polar surface area (TPSA) is 52.3 Å². The molecule has 20 heavy (non-hydrogen) atoms. The van der Waals surface area contributed by atoms with Crippen LogP contribution in [0, 0.1) is 0 Å². The lowest BCUT2D eigenvalue weighted by Crippen LogP contribution is -2.53. The van der Waals surface area contributed by atoms with E-state index in [0.29, 0.717) is 18.8 Å². The second kappa shape index (κ2) is 6.27. The van der Waals surface area contributed by atoms with Gasteiger partial charge in [-0.15, -0.1) is 0 Å². The molecule has 1 aromatic rings. The van der Waals surface area contributed by atoms with Crippen molar-refractivity contribution in [1.29, 1.82) is 0 Å². The van der Waals surface area contributed by atoms with Gasteiger partial charge in [-0.05, 0) is 42.0 Å². The molecule has 2 rings (SSSR count). The number of carbonyl (C=O) groups excluding carboxylic acids is 1. The Hall–Kier alpha value is -0.870. The van der Waals surface area contributed by atoms with Gasteiger partial charge in [0.1, 0.15) is 5.54 Å². The number of esters is 1. The fourth-order valence-electron chi connectivity index (χ4n) is 3.15. The zero-order valence-corrected chi connectivity index (χ0v) is 13.7. The van der Waals surface area contributed by atoms with Crippen molar-refractivity contribution in [3.63, 3.8) is 0 Å². The van der Waals surface area contributed by atoms with Gasteiger partial charge in [0.2, 0.25) is 0 Å². The third-order valence-corrected chi connectivity index (χ3v) is 4.65. The predicted molar refractivity (Wildman–Crippen MR) is 83.7 cm³/mol. The van der Waals surface area contributed by atoms with Crippen molar-refractivity contribution in [2.75, 3.05) is 7.11 Å². The van der Waals surface area contributed by atoms with Gasteiger partial charge in [-0.2, -0.15) is 0 Å². The first-order valence-corrected chi connectivity index (χ1v) is 7.95. The summed E-state index contributed by atoms with van der Waals surface area (Å²) < 4.78 is 5.94. The molecule has 0 aliphatic heterocycles. The van der Waals surface area contributed by atoms with Crippen molar-refractivity contribution in [1.82, 2.24) is 0 Å². The Morgan fingerprint density at radius 2 is 2.30 bits per heavy atom. The van der Waals surface area contributed by atoms with Crippen LogP contribution in [-0.4, -0.2) is 18.6 Å². The molecule has 0 radical (unpaired) electrons. The van der Waals surface area contributed by atoms with E-state index in [1.807, 2.05) is 0 Å². The quantitative estimate of drug-likeness (QED) is 0.853. The van der Waals surface area contributed by atoms with Crippen molar-refractivity contribution in [3.05, 3.63) is 33.8 Å². The molecule has 0 bridgehead atoms. The second-order valence-electron chi connectivity index (χ2n) is 5.71. The van der Waals surface area contributed by atoms with Gasteiger partial charge in [-0.3, -0.25) is 4.79 Å². The normalized spacial score (nSPS) is 25.1. The largest absolute Gasteiger partial charge is 0.468 e. The summed E-state index contributed by atoms with van der Waals surface area (Å²) in [5, 5.41) is 0. The molecule has 110 valence electrons. The standard InChI is InChI=1S/C16H22BrNO2/c1-3-4-5-11-9-16(18,15(19)20-2)10-12-8-13(17)6-7-14(11)12/h6-8,11H,3-5,9-10,18H2,1-2H3. The van der Waals surface area contributed by atoms with E-state index < -0.39 is 5.54 Å². The maximum Gasteiger partial charge on any atom is 0.326 e. The number of methoxy groups -OCH3 is 1. The minimum absolute atomic E-state index is 0.301. The molecule has 4 heteroatoms. The van der Waals surface area contributed by atoms with E-state index >= 15 is 0 Å². The number of halogens is 1. The number of carbonyl (C=O) groups is 1. The zero-order valence-electron chi connectivity index (χ0n) is 12.1.